The van der Waals surface area contributed by atoms with Crippen LogP contribution in [0.5, 0.6) is 0 Å². The quantitative estimate of drug-likeness (QED) is 0.844. The number of aryl methyl sites for hydroxylation is 1. The predicted molar refractivity (Wildman–Crippen MR) is 98.5 cm³/mol. The summed E-state index contributed by atoms with van der Waals surface area (Å²) >= 11 is 0. The lowest BCUT2D eigenvalue weighted by atomic mass is 9.98. The van der Waals surface area contributed by atoms with Gasteiger partial charge in [-0.1, -0.05) is 32.0 Å². The van der Waals surface area contributed by atoms with E-state index in [1.54, 1.807) is 0 Å². The number of amides is 1. The van der Waals surface area contributed by atoms with Crippen LogP contribution in [0, 0.1) is 12.8 Å². The molecule has 5 nitrogen and oxygen atoms in total. The highest BCUT2D eigenvalue weighted by Crippen LogP contribution is 2.32. The average Bonchev–Trinajstić information content (AvgIpc) is 2.93. The monoisotopic (exact) mass is 344 g/mol. The molecule has 0 spiro atoms. The van der Waals surface area contributed by atoms with Crippen LogP contribution in [0.1, 0.15) is 44.1 Å². The van der Waals surface area contributed by atoms with Crippen molar-refractivity contribution in [3.05, 3.63) is 35.6 Å². The molecule has 2 aromatic rings. The highest BCUT2D eigenvalue weighted by atomic mass is 16.5. The van der Waals surface area contributed by atoms with Crippen LogP contribution in [-0.2, 0) is 9.53 Å². The topological polar surface area (TPSA) is 63.5 Å². The van der Waals surface area contributed by atoms with Crippen molar-refractivity contribution in [3.8, 4) is 0 Å². The fraction of sp³-hybridized carbons (Fsp3) is 0.550. The Balaban J connectivity index is 1.66. The predicted octanol–water partition coefficient (Wildman–Crippen LogP) is 3.32. The van der Waals surface area contributed by atoms with E-state index in [1.165, 1.54) is 0 Å². The van der Waals surface area contributed by atoms with Crippen molar-refractivity contribution in [2.75, 3.05) is 19.8 Å². The van der Waals surface area contributed by atoms with Crippen LogP contribution in [0.3, 0.4) is 0 Å². The van der Waals surface area contributed by atoms with Crippen LogP contribution in [0.4, 0.5) is 0 Å². The minimum Gasteiger partial charge on any atom is -0.459 e. The van der Waals surface area contributed by atoms with Crippen molar-refractivity contribution in [1.82, 2.24) is 10.6 Å². The van der Waals surface area contributed by atoms with Gasteiger partial charge in [-0.15, -0.1) is 0 Å². The summed E-state index contributed by atoms with van der Waals surface area (Å²) < 4.78 is 11.4. The van der Waals surface area contributed by atoms with Gasteiger partial charge in [-0.05, 0) is 37.3 Å². The molecule has 1 atom stereocenters. The van der Waals surface area contributed by atoms with E-state index in [1.807, 2.05) is 18.2 Å². The Kier molecular flexibility index (Phi) is 5.76. The zero-order chi connectivity index (χ0) is 17.8. The van der Waals surface area contributed by atoms with Gasteiger partial charge in [0.2, 0.25) is 5.91 Å². The maximum atomic E-state index is 12.3. The molecular formula is C20H28N2O3. The molecule has 25 heavy (non-hydrogen) atoms. The van der Waals surface area contributed by atoms with Crippen molar-refractivity contribution in [2.24, 2.45) is 5.92 Å². The van der Waals surface area contributed by atoms with Crippen LogP contribution < -0.4 is 10.6 Å². The number of para-hydroxylation sites is 1. The fourth-order valence-electron chi connectivity index (χ4n) is 3.44. The molecule has 0 aliphatic carbocycles. The number of furan rings is 1. The number of nitrogens with one attached hydrogen (secondary N) is 2. The first kappa shape index (κ1) is 18.0. The highest BCUT2D eigenvalue weighted by molar-refractivity contribution is 5.82. The van der Waals surface area contributed by atoms with Gasteiger partial charge in [-0.25, -0.2) is 0 Å². The van der Waals surface area contributed by atoms with Crippen LogP contribution in [-0.4, -0.2) is 31.7 Å². The number of benzene rings is 1. The molecule has 1 aliphatic heterocycles. The molecule has 2 heterocycles. The lowest BCUT2D eigenvalue weighted by molar-refractivity contribution is -0.121. The Morgan fingerprint density at radius 3 is 2.64 bits per heavy atom. The summed E-state index contributed by atoms with van der Waals surface area (Å²) in [4.78, 5) is 12.3. The largest absolute Gasteiger partial charge is 0.459 e. The molecule has 0 saturated carbocycles. The second kappa shape index (κ2) is 8.02. The summed E-state index contributed by atoms with van der Waals surface area (Å²) in [7, 11) is 0. The SMILES string of the molecule is Cc1c([C@H](NCC(=O)NC2CCOCC2)C(C)C)oc2ccccc12. The smallest absolute Gasteiger partial charge is 0.234 e. The Hall–Kier alpha value is -1.85. The van der Waals surface area contributed by atoms with E-state index in [2.05, 4.69) is 37.5 Å². The van der Waals surface area contributed by atoms with Gasteiger partial charge >= 0.3 is 0 Å². The van der Waals surface area contributed by atoms with E-state index in [9.17, 15) is 4.79 Å². The van der Waals surface area contributed by atoms with E-state index in [0.717, 1.165) is 48.3 Å². The van der Waals surface area contributed by atoms with E-state index >= 15 is 0 Å². The van der Waals surface area contributed by atoms with Gasteiger partial charge < -0.3 is 14.5 Å². The van der Waals surface area contributed by atoms with E-state index in [-0.39, 0.29) is 24.5 Å². The van der Waals surface area contributed by atoms with Crippen LogP contribution in [0.25, 0.3) is 11.0 Å². The highest BCUT2D eigenvalue weighted by Gasteiger charge is 2.24. The Morgan fingerprint density at radius 2 is 1.96 bits per heavy atom. The van der Waals surface area contributed by atoms with Crippen LogP contribution in [0.2, 0.25) is 0 Å². The van der Waals surface area contributed by atoms with E-state index < -0.39 is 0 Å². The molecule has 1 fully saturated rings. The zero-order valence-corrected chi connectivity index (χ0v) is 15.3. The molecule has 5 heteroatoms. The van der Waals surface area contributed by atoms with E-state index in [0.29, 0.717) is 5.92 Å². The average molecular weight is 344 g/mol. The lowest BCUT2D eigenvalue weighted by Crippen LogP contribution is -2.44. The van der Waals surface area contributed by atoms with Gasteiger partial charge in [-0.2, -0.15) is 0 Å². The van der Waals surface area contributed by atoms with Gasteiger partial charge in [0.1, 0.15) is 11.3 Å². The fourth-order valence-corrected chi connectivity index (χ4v) is 3.44. The van der Waals surface area contributed by atoms with Crippen molar-refractivity contribution < 1.29 is 13.9 Å². The van der Waals surface area contributed by atoms with Gasteiger partial charge in [0.15, 0.2) is 0 Å². The van der Waals surface area contributed by atoms with Gasteiger partial charge in [0.25, 0.3) is 0 Å². The number of carbonyl (C=O) groups excluding carboxylic acids is 1. The Morgan fingerprint density at radius 1 is 1.24 bits per heavy atom. The first-order chi connectivity index (χ1) is 12.1. The third kappa shape index (κ3) is 4.22. The summed E-state index contributed by atoms with van der Waals surface area (Å²) in [6.45, 7) is 8.11. The minimum atomic E-state index is 0.00726. The van der Waals surface area contributed by atoms with Crippen molar-refractivity contribution >= 4 is 16.9 Å². The number of rotatable bonds is 6. The second-order valence-electron chi connectivity index (χ2n) is 7.14. The molecule has 0 unspecified atom stereocenters. The number of hydrogen-bond donors (Lipinski definition) is 2. The first-order valence-corrected chi connectivity index (χ1v) is 9.14. The molecule has 1 amide bonds. The lowest BCUT2D eigenvalue weighted by Gasteiger charge is -2.25. The van der Waals surface area contributed by atoms with Gasteiger partial charge in [-0.3, -0.25) is 10.1 Å². The summed E-state index contributed by atoms with van der Waals surface area (Å²) in [5.74, 6) is 1.27. The summed E-state index contributed by atoms with van der Waals surface area (Å²) in [6.07, 6.45) is 1.78. The molecule has 1 saturated heterocycles. The van der Waals surface area contributed by atoms with Gasteiger partial charge in [0, 0.05) is 24.6 Å². The number of fused-ring (bicyclic) bond motifs is 1. The van der Waals surface area contributed by atoms with Crippen molar-refractivity contribution in [2.45, 2.75) is 45.7 Å². The maximum Gasteiger partial charge on any atom is 0.234 e. The molecule has 3 rings (SSSR count). The second-order valence-corrected chi connectivity index (χ2v) is 7.14. The third-order valence-corrected chi connectivity index (χ3v) is 4.90. The summed E-state index contributed by atoms with van der Waals surface area (Å²) in [5, 5.41) is 7.62. The number of ether oxygens (including phenoxy) is 1. The molecule has 136 valence electrons. The molecule has 1 aromatic heterocycles. The minimum absolute atomic E-state index is 0.00726. The van der Waals surface area contributed by atoms with Crippen molar-refractivity contribution in [1.29, 1.82) is 0 Å². The summed E-state index contributed by atoms with van der Waals surface area (Å²) in [5.41, 5.74) is 2.04. The Labute approximate surface area is 149 Å². The van der Waals surface area contributed by atoms with Crippen LogP contribution >= 0.6 is 0 Å². The first-order valence-electron chi connectivity index (χ1n) is 9.14. The molecule has 1 aliphatic rings. The normalized spacial score (nSPS) is 17.1. The standard InChI is InChI=1S/C20H28N2O3/c1-13(2)19(20-14(3)16-6-4-5-7-17(16)25-20)21-12-18(23)22-15-8-10-24-11-9-15/h4-7,13,15,19,21H,8-12H2,1-3H3,(H,22,23)/t19-/m1/s1. The van der Waals surface area contributed by atoms with Crippen molar-refractivity contribution in [3.63, 3.8) is 0 Å². The van der Waals surface area contributed by atoms with Gasteiger partial charge in [0.05, 0.1) is 12.6 Å². The molecule has 1 aromatic carbocycles. The van der Waals surface area contributed by atoms with Crippen LogP contribution in [0.15, 0.2) is 28.7 Å². The Bertz CT molecular complexity index is 717. The summed E-state index contributed by atoms with van der Waals surface area (Å²) in [6, 6.07) is 8.30. The third-order valence-electron chi connectivity index (χ3n) is 4.90. The molecule has 0 radical (unpaired) electrons. The maximum absolute atomic E-state index is 12.3. The number of carbonyl (C=O) groups is 1. The number of hydrogen-bond acceptors (Lipinski definition) is 4. The zero-order valence-electron chi connectivity index (χ0n) is 15.3. The molecular weight excluding hydrogens is 316 g/mol. The molecule has 2 N–H and O–H groups in total. The molecule has 0 bridgehead atoms. The van der Waals surface area contributed by atoms with E-state index in [4.69, 9.17) is 9.15 Å².